The second-order valence-corrected chi connectivity index (χ2v) is 5.40. The van der Waals surface area contributed by atoms with Gasteiger partial charge in [0.2, 0.25) is 0 Å². The summed E-state index contributed by atoms with van der Waals surface area (Å²) in [6.45, 7) is 4.62. The van der Waals surface area contributed by atoms with Crippen LogP contribution >= 0.6 is 24.8 Å². The standard InChI is InChI=1S/C14H26O2S2/c1-3-5-6-7-8-9-10-11-12(13(15)17)14(18)16-4-2/h12H,3-11H2,1-2H3,(H,15,17). The molecule has 0 aromatic carbocycles. The molecule has 0 saturated heterocycles. The van der Waals surface area contributed by atoms with Crippen molar-refractivity contribution in [3.8, 4) is 0 Å². The van der Waals surface area contributed by atoms with Crippen LogP contribution in [0.15, 0.2) is 0 Å². The van der Waals surface area contributed by atoms with Crippen LogP contribution in [0.2, 0.25) is 0 Å². The summed E-state index contributed by atoms with van der Waals surface area (Å²) in [6, 6.07) is 0. The molecule has 0 bridgehead atoms. The molecular formula is C14H26O2S2. The zero-order valence-corrected chi connectivity index (χ0v) is 13.3. The van der Waals surface area contributed by atoms with Gasteiger partial charge in [0.15, 0.2) is 10.2 Å². The summed E-state index contributed by atoms with van der Waals surface area (Å²) in [4.78, 5) is 11.4. The van der Waals surface area contributed by atoms with Crippen molar-refractivity contribution in [3.63, 3.8) is 0 Å². The fourth-order valence-electron chi connectivity index (χ4n) is 1.89. The Labute approximate surface area is 122 Å². The van der Waals surface area contributed by atoms with E-state index in [1.165, 1.54) is 32.1 Å². The Morgan fingerprint density at radius 2 is 1.67 bits per heavy atom. The second-order valence-electron chi connectivity index (χ2n) is 4.55. The Hall–Kier alpha value is -0.0900. The first kappa shape index (κ1) is 17.9. The zero-order valence-electron chi connectivity index (χ0n) is 11.6. The predicted octanol–water partition coefficient (Wildman–Crippen LogP) is 4.56. The third-order valence-electron chi connectivity index (χ3n) is 2.97. The Kier molecular flexibility index (Phi) is 11.9. The highest BCUT2D eigenvalue weighted by Gasteiger charge is 2.21. The topological polar surface area (TPSA) is 26.3 Å². The lowest BCUT2D eigenvalue weighted by Gasteiger charge is -2.14. The summed E-state index contributed by atoms with van der Waals surface area (Å²) in [5.74, 6) is -0.307. The van der Waals surface area contributed by atoms with E-state index in [0.717, 1.165) is 19.3 Å². The zero-order chi connectivity index (χ0) is 13.8. The molecule has 1 unspecified atom stereocenters. The van der Waals surface area contributed by atoms with Crippen LogP contribution in [-0.4, -0.2) is 16.8 Å². The fraction of sp³-hybridized carbons (Fsp3) is 0.857. The van der Waals surface area contributed by atoms with Gasteiger partial charge < -0.3 is 4.74 Å². The van der Waals surface area contributed by atoms with Crippen LogP contribution in [0.4, 0.5) is 0 Å². The molecule has 0 N–H and O–H groups in total. The van der Waals surface area contributed by atoms with Gasteiger partial charge in [-0.1, -0.05) is 51.9 Å². The van der Waals surface area contributed by atoms with Crippen LogP contribution in [0.25, 0.3) is 0 Å². The van der Waals surface area contributed by atoms with E-state index < -0.39 is 0 Å². The van der Waals surface area contributed by atoms with E-state index in [-0.39, 0.29) is 11.0 Å². The van der Waals surface area contributed by atoms with Crippen LogP contribution in [0, 0.1) is 5.92 Å². The van der Waals surface area contributed by atoms with Crippen LogP contribution in [0.3, 0.4) is 0 Å². The second kappa shape index (κ2) is 12.0. The van der Waals surface area contributed by atoms with E-state index in [2.05, 4.69) is 19.6 Å². The lowest BCUT2D eigenvalue weighted by Crippen LogP contribution is -2.21. The number of carbonyl (C=O) groups excluding carboxylic acids is 1. The first-order valence-corrected chi connectivity index (χ1v) is 7.88. The fourth-order valence-corrected chi connectivity index (χ4v) is 2.57. The largest absolute Gasteiger partial charge is 0.487 e. The van der Waals surface area contributed by atoms with Gasteiger partial charge in [0.05, 0.1) is 12.5 Å². The summed E-state index contributed by atoms with van der Waals surface area (Å²) in [5.41, 5.74) is 0. The van der Waals surface area contributed by atoms with E-state index in [1.807, 2.05) is 6.92 Å². The molecule has 106 valence electrons. The quantitative estimate of drug-likeness (QED) is 0.343. The van der Waals surface area contributed by atoms with Crippen LogP contribution in [0.1, 0.15) is 65.2 Å². The van der Waals surface area contributed by atoms with Gasteiger partial charge in [-0.15, -0.1) is 12.6 Å². The van der Waals surface area contributed by atoms with E-state index in [9.17, 15) is 4.79 Å². The molecule has 0 heterocycles. The Morgan fingerprint density at radius 1 is 1.11 bits per heavy atom. The van der Waals surface area contributed by atoms with Gasteiger partial charge in [-0.05, 0) is 25.6 Å². The number of carbonyl (C=O) groups is 1. The number of hydrogen-bond donors (Lipinski definition) is 1. The lowest BCUT2D eigenvalue weighted by atomic mass is 10.0. The van der Waals surface area contributed by atoms with Gasteiger partial charge in [0, 0.05) is 0 Å². The smallest absolute Gasteiger partial charge is 0.197 e. The van der Waals surface area contributed by atoms with Crippen LogP contribution < -0.4 is 0 Å². The minimum atomic E-state index is -0.307. The Balaban J connectivity index is 3.71. The molecular weight excluding hydrogens is 264 g/mol. The van der Waals surface area contributed by atoms with Gasteiger partial charge in [0.25, 0.3) is 0 Å². The predicted molar refractivity (Wildman–Crippen MR) is 84.3 cm³/mol. The number of ether oxygens (including phenoxy) is 1. The van der Waals surface area contributed by atoms with Crippen LogP contribution in [-0.2, 0) is 9.53 Å². The molecule has 0 fully saturated rings. The van der Waals surface area contributed by atoms with Crippen molar-refractivity contribution in [1.29, 1.82) is 0 Å². The number of unbranched alkanes of at least 4 members (excludes halogenated alkanes) is 6. The van der Waals surface area contributed by atoms with Crippen molar-refractivity contribution in [1.82, 2.24) is 0 Å². The SMILES string of the molecule is CCCCCCCCCC(C(=O)S)C(=S)OCC. The number of thiocarbonyl (C=S) groups is 1. The van der Waals surface area contributed by atoms with Gasteiger partial charge in [-0.2, -0.15) is 0 Å². The van der Waals surface area contributed by atoms with Crippen molar-refractivity contribution in [2.24, 2.45) is 5.92 Å². The summed E-state index contributed by atoms with van der Waals surface area (Å²) in [6.07, 6.45) is 9.42. The third-order valence-corrected chi connectivity index (χ3v) is 3.68. The third kappa shape index (κ3) is 8.92. The maximum Gasteiger partial charge on any atom is 0.197 e. The van der Waals surface area contributed by atoms with Gasteiger partial charge in [0.1, 0.15) is 0 Å². The maximum atomic E-state index is 11.4. The molecule has 0 aliphatic rings. The monoisotopic (exact) mass is 290 g/mol. The van der Waals surface area contributed by atoms with E-state index in [4.69, 9.17) is 17.0 Å². The minimum absolute atomic E-state index is 0.167. The molecule has 0 aromatic heterocycles. The normalized spacial score (nSPS) is 12.2. The van der Waals surface area contributed by atoms with Gasteiger partial charge >= 0.3 is 0 Å². The van der Waals surface area contributed by atoms with Crippen molar-refractivity contribution in [2.75, 3.05) is 6.61 Å². The summed E-state index contributed by atoms with van der Waals surface area (Å²) < 4.78 is 5.24. The average molecular weight is 290 g/mol. The highest BCUT2D eigenvalue weighted by molar-refractivity contribution is 7.96. The molecule has 0 rings (SSSR count). The minimum Gasteiger partial charge on any atom is -0.487 e. The number of rotatable bonds is 11. The first-order valence-electron chi connectivity index (χ1n) is 7.02. The molecule has 0 aromatic rings. The molecule has 0 aliphatic heterocycles. The Morgan fingerprint density at radius 3 is 2.17 bits per heavy atom. The van der Waals surface area contributed by atoms with Crippen molar-refractivity contribution >= 4 is 35.0 Å². The van der Waals surface area contributed by atoms with Gasteiger partial charge in [-0.25, -0.2) is 0 Å². The average Bonchev–Trinajstić information content (AvgIpc) is 2.32. The summed E-state index contributed by atoms with van der Waals surface area (Å²) >= 11 is 8.98. The van der Waals surface area contributed by atoms with Crippen molar-refractivity contribution in [2.45, 2.75) is 65.2 Å². The van der Waals surface area contributed by atoms with Crippen molar-refractivity contribution in [3.05, 3.63) is 0 Å². The lowest BCUT2D eigenvalue weighted by molar-refractivity contribution is -0.112. The number of hydrogen-bond acceptors (Lipinski definition) is 3. The summed E-state index contributed by atoms with van der Waals surface area (Å²) in [7, 11) is 0. The van der Waals surface area contributed by atoms with E-state index in [1.54, 1.807) is 0 Å². The molecule has 4 heteroatoms. The first-order chi connectivity index (χ1) is 8.63. The van der Waals surface area contributed by atoms with Crippen LogP contribution in [0.5, 0.6) is 0 Å². The molecule has 2 nitrogen and oxygen atoms in total. The van der Waals surface area contributed by atoms with E-state index >= 15 is 0 Å². The molecule has 0 aliphatic carbocycles. The maximum absolute atomic E-state index is 11.4. The molecule has 0 amide bonds. The summed E-state index contributed by atoms with van der Waals surface area (Å²) in [5, 5.41) is 0.239. The molecule has 0 saturated carbocycles. The highest BCUT2D eigenvalue weighted by atomic mass is 32.1. The molecule has 1 atom stereocenters. The Bertz CT molecular complexity index is 242. The molecule has 18 heavy (non-hydrogen) atoms. The highest BCUT2D eigenvalue weighted by Crippen LogP contribution is 2.17. The molecule has 0 radical (unpaired) electrons. The number of thiol groups is 1. The van der Waals surface area contributed by atoms with E-state index in [0.29, 0.717) is 11.7 Å². The molecule has 0 spiro atoms. The van der Waals surface area contributed by atoms with Crippen molar-refractivity contribution < 1.29 is 9.53 Å². The van der Waals surface area contributed by atoms with Gasteiger partial charge in [-0.3, -0.25) is 4.79 Å².